The number of alkyl halides is 3. The Morgan fingerprint density at radius 3 is 2.67 bits per heavy atom. The van der Waals surface area contributed by atoms with Gasteiger partial charge in [0.2, 0.25) is 5.91 Å². The maximum atomic E-state index is 12.8. The summed E-state index contributed by atoms with van der Waals surface area (Å²) in [6.07, 6.45) is -4.41. The van der Waals surface area contributed by atoms with Crippen LogP contribution in [0.25, 0.3) is 0 Å². The minimum atomic E-state index is -4.25. The first kappa shape index (κ1) is 18.6. The molecule has 2 rings (SSSR count). The molecule has 0 spiro atoms. The molecule has 2 N–H and O–H groups in total. The highest BCUT2D eigenvalue weighted by atomic mass is 19.4. The molecule has 1 saturated carbocycles. The van der Waals surface area contributed by atoms with Gasteiger partial charge in [0, 0.05) is 12.5 Å². The lowest BCUT2D eigenvalue weighted by molar-refractivity contribution is -0.186. The molecule has 1 fully saturated rings. The van der Waals surface area contributed by atoms with E-state index in [1.807, 2.05) is 6.07 Å². The Kier molecular flexibility index (Phi) is 6.48. The van der Waals surface area contributed by atoms with Crippen molar-refractivity contribution in [2.45, 2.75) is 38.0 Å². The van der Waals surface area contributed by atoms with Crippen molar-refractivity contribution in [1.29, 1.82) is 0 Å². The third kappa shape index (κ3) is 5.70. The van der Waals surface area contributed by atoms with Crippen molar-refractivity contribution in [2.75, 3.05) is 13.2 Å². The van der Waals surface area contributed by atoms with Crippen LogP contribution in [0.2, 0.25) is 0 Å². The maximum Gasteiger partial charge on any atom is 0.391 e. The molecule has 1 aromatic rings. The zero-order valence-corrected chi connectivity index (χ0v) is 13.3. The number of hydrogen-bond donors (Lipinski definition) is 2. The van der Waals surface area contributed by atoms with Crippen LogP contribution in [0.4, 0.5) is 13.2 Å². The van der Waals surface area contributed by atoms with Crippen LogP contribution >= 0.6 is 0 Å². The standard InChI is InChI=1S/C17H22F3NO3/c18-17(19,20)13-6-4-5-12(9-13)16(23)21-10-14(22)11-24-15-7-2-1-3-8-15/h1-3,7-8,12-14,22H,4-6,9-11H2,(H,21,23)/t12-,13-,14-/m0/s1. The van der Waals surface area contributed by atoms with E-state index >= 15 is 0 Å². The first-order valence-corrected chi connectivity index (χ1v) is 8.06. The number of amides is 1. The molecule has 1 aromatic carbocycles. The van der Waals surface area contributed by atoms with Crippen LogP contribution in [0.1, 0.15) is 25.7 Å². The molecule has 0 heterocycles. The Hall–Kier alpha value is -1.76. The van der Waals surface area contributed by atoms with Crippen molar-refractivity contribution in [3.05, 3.63) is 30.3 Å². The highest BCUT2D eigenvalue weighted by Crippen LogP contribution is 2.39. The van der Waals surface area contributed by atoms with E-state index in [4.69, 9.17) is 4.74 Å². The highest BCUT2D eigenvalue weighted by Gasteiger charge is 2.43. The molecule has 0 aliphatic heterocycles. The van der Waals surface area contributed by atoms with Crippen molar-refractivity contribution in [2.24, 2.45) is 11.8 Å². The monoisotopic (exact) mass is 345 g/mol. The number of rotatable bonds is 6. The number of nitrogens with one attached hydrogen (secondary N) is 1. The summed E-state index contributed by atoms with van der Waals surface area (Å²) in [6, 6.07) is 8.91. The molecule has 134 valence electrons. The fourth-order valence-corrected chi connectivity index (χ4v) is 2.86. The van der Waals surface area contributed by atoms with Crippen molar-refractivity contribution in [1.82, 2.24) is 5.32 Å². The smallest absolute Gasteiger partial charge is 0.391 e. The van der Waals surface area contributed by atoms with Crippen LogP contribution in [-0.4, -0.2) is 36.4 Å². The number of benzene rings is 1. The van der Waals surface area contributed by atoms with Crippen LogP contribution in [0.15, 0.2) is 30.3 Å². The van der Waals surface area contributed by atoms with Crippen molar-refractivity contribution >= 4 is 5.91 Å². The zero-order valence-electron chi connectivity index (χ0n) is 13.3. The molecule has 3 atom stereocenters. The van der Waals surface area contributed by atoms with Crippen LogP contribution in [0, 0.1) is 11.8 Å². The molecule has 24 heavy (non-hydrogen) atoms. The number of para-hydroxylation sites is 1. The second-order valence-corrected chi connectivity index (χ2v) is 6.13. The van der Waals surface area contributed by atoms with E-state index in [2.05, 4.69) is 5.32 Å². The third-order valence-corrected chi connectivity index (χ3v) is 4.21. The average molecular weight is 345 g/mol. The van der Waals surface area contributed by atoms with Gasteiger partial charge in [0.15, 0.2) is 0 Å². The van der Waals surface area contributed by atoms with Crippen molar-refractivity contribution in [3.8, 4) is 5.75 Å². The van der Waals surface area contributed by atoms with Crippen LogP contribution < -0.4 is 10.1 Å². The summed E-state index contributed by atoms with van der Waals surface area (Å²) in [7, 11) is 0. The van der Waals surface area contributed by atoms with Gasteiger partial charge in [0.1, 0.15) is 18.5 Å². The minimum absolute atomic E-state index is 0.000135. The van der Waals surface area contributed by atoms with Gasteiger partial charge in [-0.15, -0.1) is 0 Å². The second-order valence-electron chi connectivity index (χ2n) is 6.13. The Morgan fingerprint density at radius 2 is 2.00 bits per heavy atom. The Balaban J connectivity index is 1.72. The number of ether oxygens (including phenoxy) is 1. The molecule has 1 aliphatic rings. The average Bonchev–Trinajstić information content (AvgIpc) is 2.58. The molecule has 1 aliphatic carbocycles. The number of halogens is 3. The highest BCUT2D eigenvalue weighted by molar-refractivity contribution is 5.78. The first-order chi connectivity index (χ1) is 11.4. The number of aliphatic hydroxyl groups is 1. The first-order valence-electron chi connectivity index (χ1n) is 8.06. The van der Waals surface area contributed by atoms with E-state index in [9.17, 15) is 23.1 Å². The number of carbonyl (C=O) groups is 1. The van der Waals surface area contributed by atoms with Gasteiger partial charge in [-0.05, 0) is 31.4 Å². The summed E-state index contributed by atoms with van der Waals surface area (Å²) in [5.74, 6) is -1.88. The van der Waals surface area contributed by atoms with Gasteiger partial charge < -0.3 is 15.2 Å². The zero-order chi connectivity index (χ0) is 17.6. The summed E-state index contributed by atoms with van der Waals surface area (Å²) < 4.78 is 43.7. The molecule has 1 amide bonds. The van der Waals surface area contributed by atoms with Crippen LogP contribution in [0.3, 0.4) is 0 Å². The van der Waals surface area contributed by atoms with Gasteiger partial charge in [0.25, 0.3) is 0 Å². The molecule has 0 unspecified atom stereocenters. The fourth-order valence-electron chi connectivity index (χ4n) is 2.86. The SMILES string of the molecule is O=C(NC[C@H](O)COc1ccccc1)[C@H]1CCC[C@H](C(F)(F)F)C1. The summed E-state index contributed by atoms with van der Waals surface area (Å²) in [4.78, 5) is 12.0. The molecule has 4 nitrogen and oxygen atoms in total. The maximum absolute atomic E-state index is 12.8. The molecule has 0 bridgehead atoms. The lowest BCUT2D eigenvalue weighted by Gasteiger charge is -2.29. The Bertz CT molecular complexity index is 522. The van der Waals surface area contributed by atoms with E-state index < -0.39 is 30.0 Å². The summed E-state index contributed by atoms with van der Waals surface area (Å²) in [5.41, 5.74) is 0. The van der Waals surface area contributed by atoms with Crippen molar-refractivity contribution in [3.63, 3.8) is 0 Å². The van der Waals surface area contributed by atoms with Crippen LogP contribution in [-0.2, 0) is 4.79 Å². The van der Waals surface area contributed by atoms with E-state index in [0.29, 0.717) is 18.6 Å². The molecule has 0 saturated heterocycles. The van der Waals surface area contributed by atoms with Gasteiger partial charge in [-0.2, -0.15) is 13.2 Å². The largest absolute Gasteiger partial charge is 0.491 e. The van der Waals surface area contributed by atoms with Gasteiger partial charge in [0.05, 0.1) is 5.92 Å². The third-order valence-electron chi connectivity index (χ3n) is 4.21. The van der Waals surface area contributed by atoms with E-state index in [-0.39, 0.29) is 26.0 Å². The summed E-state index contributed by atoms with van der Waals surface area (Å²) >= 11 is 0. The molecule has 0 aromatic heterocycles. The lowest BCUT2D eigenvalue weighted by Crippen LogP contribution is -2.41. The second kappa shape index (κ2) is 8.37. The minimum Gasteiger partial charge on any atom is -0.491 e. The van der Waals surface area contributed by atoms with Crippen molar-refractivity contribution < 1.29 is 27.8 Å². The fraction of sp³-hybridized carbons (Fsp3) is 0.588. The van der Waals surface area contributed by atoms with E-state index in [1.165, 1.54) is 0 Å². The van der Waals surface area contributed by atoms with Gasteiger partial charge in [-0.25, -0.2) is 0 Å². The molecular formula is C17H22F3NO3. The van der Waals surface area contributed by atoms with Crippen LogP contribution in [0.5, 0.6) is 5.75 Å². The van der Waals surface area contributed by atoms with Gasteiger partial charge in [-0.1, -0.05) is 24.6 Å². The lowest BCUT2D eigenvalue weighted by atomic mass is 9.80. The molecule has 7 heteroatoms. The number of carbonyl (C=O) groups excluding carboxylic acids is 1. The molecular weight excluding hydrogens is 323 g/mol. The quantitative estimate of drug-likeness (QED) is 0.833. The Labute approximate surface area is 139 Å². The number of hydrogen-bond acceptors (Lipinski definition) is 3. The summed E-state index contributed by atoms with van der Waals surface area (Å²) in [5, 5.41) is 12.3. The predicted molar refractivity (Wildman–Crippen MR) is 82.5 cm³/mol. The topological polar surface area (TPSA) is 58.6 Å². The number of aliphatic hydroxyl groups excluding tert-OH is 1. The van der Waals surface area contributed by atoms with Gasteiger partial charge >= 0.3 is 6.18 Å². The summed E-state index contributed by atoms with van der Waals surface area (Å²) in [6.45, 7) is -0.0427. The normalized spacial score (nSPS) is 22.7. The van der Waals surface area contributed by atoms with E-state index in [1.54, 1.807) is 24.3 Å². The van der Waals surface area contributed by atoms with Gasteiger partial charge in [-0.3, -0.25) is 4.79 Å². The predicted octanol–water partition coefficient (Wildman–Crippen LogP) is 2.91. The molecule has 0 radical (unpaired) electrons. The van der Waals surface area contributed by atoms with E-state index in [0.717, 1.165) is 0 Å². The Morgan fingerprint density at radius 1 is 1.29 bits per heavy atom.